The molecular formula is C16H16N2O2. The van der Waals surface area contributed by atoms with E-state index < -0.39 is 5.97 Å². The van der Waals surface area contributed by atoms with E-state index in [1.54, 1.807) is 30.5 Å². The van der Waals surface area contributed by atoms with Gasteiger partial charge in [-0.05, 0) is 23.8 Å². The lowest BCUT2D eigenvalue weighted by Crippen LogP contribution is -1.99. The topological polar surface area (TPSA) is 61.7 Å². The van der Waals surface area contributed by atoms with E-state index in [1.165, 1.54) is 5.56 Å². The van der Waals surface area contributed by atoms with Gasteiger partial charge in [0.05, 0.1) is 11.3 Å². The minimum atomic E-state index is -0.949. The lowest BCUT2D eigenvalue weighted by molar-refractivity contribution is 0.0697. The third-order valence-electron chi connectivity index (χ3n) is 2.93. The van der Waals surface area contributed by atoms with Gasteiger partial charge in [-0.15, -0.1) is 0 Å². The molecular weight excluding hydrogens is 252 g/mol. The largest absolute Gasteiger partial charge is 0.478 e. The van der Waals surface area contributed by atoms with E-state index in [1.807, 2.05) is 37.3 Å². The number of carbonyl (C=O) groups is 1. The van der Waals surface area contributed by atoms with Crippen molar-refractivity contribution in [2.24, 2.45) is 5.10 Å². The minimum absolute atomic E-state index is 0.186. The second kappa shape index (κ2) is 6.52. The molecule has 2 rings (SSSR count). The molecule has 0 bridgehead atoms. The predicted molar refractivity (Wildman–Crippen MR) is 80.4 cm³/mol. The van der Waals surface area contributed by atoms with Gasteiger partial charge in [0.25, 0.3) is 0 Å². The van der Waals surface area contributed by atoms with Crippen LogP contribution in [-0.4, -0.2) is 17.3 Å². The van der Waals surface area contributed by atoms with Crippen LogP contribution < -0.4 is 5.43 Å². The Morgan fingerprint density at radius 3 is 2.65 bits per heavy atom. The first-order valence-corrected chi connectivity index (χ1v) is 6.34. The van der Waals surface area contributed by atoms with Crippen molar-refractivity contribution in [3.8, 4) is 0 Å². The summed E-state index contributed by atoms with van der Waals surface area (Å²) in [6.07, 6.45) is 1.79. The lowest BCUT2D eigenvalue weighted by atomic mass is 10.0. The molecule has 0 aliphatic rings. The molecule has 0 aliphatic heterocycles. The Balaban J connectivity index is 2.00. The van der Waals surface area contributed by atoms with Crippen LogP contribution in [0.1, 0.15) is 28.8 Å². The molecule has 1 unspecified atom stereocenters. The van der Waals surface area contributed by atoms with E-state index in [2.05, 4.69) is 10.5 Å². The van der Waals surface area contributed by atoms with E-state index in [4.69, 9.17) is 5.11 Å². The second-order valence-corrected chi connectivity index (χ2v) is 4.48. The first-order valence-electron chi connectivity index (χ1n) is 6.34. The van der Waals surface area contributed by atoms with Gasteiger partial charge in [0, 0.05) is 12.1 Å². The molecule has 4 nitrogen and oxygen atoms in total. The molecule has 0 aliphatic carbocycles. The van der Waals surface area contributed by atoms with Crippen molar-refractivity contribution in [1.82, 2.24) is 0 Å². The van der Waals surface area contributed by atoms with Crippen molar-refractivity contribution in [2.75, 3.05) is 5.43 Å². The number of hydrogen-bond donors (Lipinski definition) is 2. The SMILES string of the molecule is CC(C=NNc1cccc(C(=O)O)c1)c1ccccc1. The van der Waals surface area contributed by atoms with Gasteiger partial charge in [-0.1, -0.05) is 43.3 Å². The fourth-order valence-electron chi connectivity index (χ4n) is 1.79. The number of rotatable bonds is 5. The second-order valence-electron chi connectivity index (χ2n) is 4.48. The molecule has 2 aromatic carbocycles. The summed E-state index contributed by atoms with van der Waals surface area (Å²) in [7, 11) is 0. The maximum absolute atomic E-state index is 10.9. The molecule has 0 spiro atoms. The summed E-state index contributed by atoms with van der Waals surface area (Å²) in [6.45, 7) is 2.05. The number of hydrazone groups is 1. The highest BCUT2D eigenvalue weighted by Crippen LogP contribution is 2.13. The average molecular weight is 268 g/mol. The predicted octanol–water partition coefficient (Wildman–Crippen LogP) is 3.59. The zero-order valence-corrected chi connectivity index (χ0v) is 11.2. The molecule has 0 heterocycles. The highest BCUT2D eigenvalue weighted by Gasteiger charge is 2.03. The number of hydrogen-bond acceptors (Lipinski definition) is 3. The Morgan fingerprint density at radius 1 is 1.20 bits per heavy atom. The van der Waals surface area contributed by atoms with Gasteiger partial charge in [0.2, 0.25) is 0 Å². The maximum atomic E-state index is 10.9. The van der Waals surface area contributed by atoms with Crippen LogP contribution in [0.25, 0.3) is 0 Å². The standard InChI is InChI=1S/C16H16N2O2/c1-12(13-6-3-2-4-7-13)11-17-18-15-9-5-8-14(10-15)16(19)20/h2-12,18H,1H3,(H,19,20). The molecule has 0 saturated heterocycles. The summed E-state index contributed by atoms with van der Waals surface area (Å²) in [5, 5.41) is 13.1. The minimum Gasteiger partial charge on any atom is -0.478 e. The quantitative estimate of drug-likeness (QED) is 0.643. The van der Waals surface area contributed by atoms with Crippen LogP contribution >= 0.6 is 0 Å². The Morgan fingerprint density at radius 2 is 1.95 bits per heavy atom. The summed E-state index contributed by atoms with van der Waals surface area (Å²) in [5.41, 5.74) is 4.92. The number of carboxylic acids is 1. The van der Waals surface area contributed by atoms with Crippen molar-refractivity contribution in [1.29, 1.82) is 0 Å². The highest BCUT2D eigenvalue weighted by atomic mass is 16.4. The van der Waals surface area contributed by atoms with Crippen LogP contribution in [0, 0.1) is 0 Å². The van der Waals surface area contributed by atoms with Crippen molar-refractivity contribution in [3.63, 3.8) is 0 Å². The van der Waals surface area contributed by atoms with Gasteiger partial charge in [-0.25, -0.2) is 4.79 Å². The van der Waals surface area contributed by atoms with Crippen LogP contribution in [0.2, 0.25) is 0 Å². The van der Waals surface area contributed by atoms with Crippen LogP contribution in [0.15, 0.2) is 59.7 Å². The van der Waals surface area contributed by atoms with Crippen LogP contribution in [0.3, 0.4) is 0 Å². The first kappa shape index (κ1) is 13.8. The van der Waals surface area contributed by atoms with Gasteiger partial charge in [0.15, 0.2) is 0 Å². The number of benzene rings is 2. The Hall–Kier alpha value is -2.62. The van der Waals surface area contributed by atoms with E-state index in [0.29, 0.717) is 5.69 Å². The summed E-state index contributed by atoms with van der Waals surface area (Å²) < 4.78 is 0. The highest BCUT2D eigenvalue weighted by molar-refractivity contribution is 5.88. The van der Waals surface area contributed by atoms with Crippen molar-refractivity contribution >= 4 is 17.9 Å². The fourth-order valence-corrected chi connectivity index (χ4v) is 1.79. The van der Waals surface area contributed by atoms with Gasteiger partial charge in [0.1, 0.15) is 0 Å². The molecule has 0 fully saturated rings. The number of aromatic carboxylic acids is 1. The van der Waals surface area contributed by atoms with E-state index in [-0.39, 0.29) is 11.5 Å². The molecule has 2 N–H and O–H groups in total. The number of anilines is 1. The molecule has 4 heteroatoms. The van der Waals surface area contributed by atoms with Gasteiger partial charge < -0.3 is 5.11 Å². The molecule has 1 atom stereocenters. The first-order chi connectivity index (χ1) is 9.66. The normalized spacial score (nSPS) is 12.2. The Labute approximate surface area is 117 Å². The molecule has 0 aromatic heterocycles. The fraction of sp³-hybridized carbons (Fsp3) is 0.125. The average Bonchev–Trinajstić information content (AvgIpc) is 2.48. The van der Waals surface area contributed by atoms with Crippen molar-refractivity contribution < 1.29 is 9.90 Å². The molecule has 102 valence electrons. The van der Waals surface area contributed by atoms with Gasteiger partial charge in [-0.3, -0.25) is 5.43 Å². The zero-order chi connectivity index (χ0) is 14.4. The molecule has 20 heavy (non-hydrogen) atoms. The van der Waals surface area contributed by atoms with Gasteiger partial charge >= 0.3 is 5.97 Å². The summed E-state index contributed by atoms with van der Waals surface area (Å²) in [4.78, 5) is 10.9. The van der Waals surface area contributed by atoms with E-state index in [0.717, 1.165) is 0 Å². The summed E-state index contributed by atoms with van der Waals surface area (Å²) >= 11 is 0. The molecule has 0 radical (unpaired) electrons. The summed E-state index contributed by atoms with van der Waals surface area (Å²) in [6, 6.07) is 16.6. The number of carboxylic acid groups (broad SMARTS) is 1. The third-order valence-corrected chi connectivity index (χ3v) is 2.93. The monoisotopic (exact) mass is 268 g/mol. The van der Waals surface area contributed by atoms with Crippen LogP contribution in [0.4, 0.5) is 5.69 Å². The molecule has 0 saturated carbocycles. The summed E-state index contributed by atoms with van der Waals surface area (Å²) in [5.74, 6) is -0.762. The Kier molecular flexibility index (Phi) is 4.50. The van der Waals surface area contributed by atoms with Crippen LogP contribution in [0.5, 0.6) is 0 Å². The Bertz CT molecular complexity index is 609. The zero-order valence-electron chi connectivity index (χ0n) is 11.2. The van der Waals surface area contributed by atoms with Crippen molar-refractivity contribution in [3.05, 3.63) is 65.7 Å². The van der Waals surface area contributed by atoms with E-state index in [9.17, 15) is 4.79 Å². The smallest absolute Gasteiger partial charge is 0.335 e. The van der Waals surface area contributed by atoms with Gasteiger partial charge in [-0.2, -0.15) is 5.10 Å². The number of nitrogens with one attached hydrogen (secondary N) is 1. The molecule has 2 aromatic rings. The lowest BCUT2D eigenvalue weighted by Gasteiger charge is -2.06. The molecule has 0 amide bonds. The number of nitrogens with zero attached hydrogens (tertiary/aromatic N) is 1. The van der Waals surface area contributed by atoms with E-state index >= 15 is 0 Å². The van der Waals surface area contributed by atoms with Crippen molar-refractivity contribution in [2.45, 2.75) is 12.8 Å². The van der Waals surface area contributed by atoms with Crippen LogP contribution in [-0.2, 0) is 0 Å². The maximum Gasteiger partial charge on any atom is 0.335 e. The third kappa shape index (κ3) is 3.68.